The van der Waals surface area contributed by atoms with E-state index >= 15 is 0 Å². The molecule has 0 atom stereocenters. The second-order valence-corrected chi connectivity index (χ2v) is 6.40. The summed E-state index contributed by atoms with van der Waals surface area (Å²) < 4.78 is 0. The summed E-state index contributed by atoms with van der Waals surface area (Å²) in [4.78, 5) is 16.9. The van der Waals surface area contributed by atoms with Gasteiger partial charge in [0.15, 0.2) is 5.13 Å². The van der Waals surface area contributed by atoms with E-state index in [-0.39, 0.29) is 5.91 Å². The third kappa shape index (κ3) is 3.62. The second-order valence-electron chi connectivity index (χ2n) is 5.40. The van der Waals surface area contributed by atoms with Gasteiger partial charge in [-0.05, 0) is 25.2 Å². The summed E-state index contributed by atoms with van der Waals surface area (Å²) in [6.45, 7) is 4.98. The largest absolute Gasteiger partial charge is 0.382 e. The Hall–Kier alpha value is -1.30. The number of anilines is 2. The summed E-state index contributed by atoms with van der Waals surface area (Å²) in [7, 11) is 0. The average Bonchev–Trinajstić information content (AvgIpc) is 2.76. The molecule has 0 aliphatic heterocycles. The van der Waals surface area contributed by atoms with Crippen molar-refractivity contribution in [1.82, 2.24) is 10.3 Å². The van der Waals surface area contributed by atoms with E-state index in [1.165, 1.54) is 30.6 Å². The van der Waals surface area contributed by atoms with Crippen LogP contribution in [0.4, 0.5) is 10.9 Å². The molecule has 1 aliphatic rings. The topological polar surface area (TPSA) is 80.0 Å². The van der Waals surface area contributed by atoms with E-state index < -0.39 is 0 Å². The Morgan fingerprint density at radius 3 is 2.70 bits per heavy atom. The molecule has 5 nitrogen and oxygen atoms in total. The monoisotopic (exact) mass is 296 g/mol. The highest BCUT2D eigenvalue weighted by Crippen LogP contribution is 2.29. The normalized spacial score (nSPS) is 15.2. The maximum absolute atomic E-state index is 12.1. The van der Waals surface area contributed by atoms with Crippen molar-refractivity contribution >= 4 is 28.2 Å². The minimum Gasteiger partial charge on any atom is -0.382 e. The van der Waals surface area contributed by atoms with Crippen LogP contribution in [-0.2, 0) is 0 Å². The van der Waals surface area contributed by atoms with Gasteiger partial charge in [-0.3, -0.25) is 4.79 Å². The van der Waals surface area contributed by atoms with Gasteiger partial charge < -0.3 is 16.4 Å². The van der Waals surface area contributed by atoms with Crippen molar-refractivity contribution < 1.29 is 4.79 Å². The van der Waals surface area contributed by atoms with Gasteiger partial charge in [0.2, 0.25) is 0 Å². The first-order valence-corrected chi connectivity index (χ1v) is 8.26. The first-order valence-electron chi connectivity index (χ1n) is 7.45. The van der Waals surface area contributed by atoms with Crippen LogP contribution in [0.5, 0.6) is 0 Å². The van der Waals surface area contributed by atoms with Gasteiger partial charge in [0.25, 0.3) is 5.91 Å². The van der Waals surface area contributed by atoms with Crippen molar-refractivity contribution in [2.75, 3.05) is 17.6 Å². The Morgan fingerprint density at radius 2 is 2.15 bits per heavy atom. The van der Waals surface area contributed by atoms with E-state index in [0.717, 1.165) is 18.0 Å². The van der Waals surface area contributed by atoms with Crippen molar-refractivity contribution in [1.29, 1.82) is 0 Å². The average molecular weight is 296 g/mol. The van der Waals surface area contributed by atoms with E-state index in [1.807, 2.05) is 0 Å². The molecule has 0 saturated heterocycles. The molecular formula is C14H24N4OS. The Kier molecular flexibility index (Phi) is 5.23. The number of carbonyl (C=O) groups is 1. The van der Waals surface area contributed by atoms with Crippen molar-refractivity contribution in [2.45, 2.75) is 52.0 Å². The van der Waals surface area contributed by atoms with Gasteiger partial charge in [-0.1, -0.05) is 38.0 Å². The highest BCUT2D eigenvalue weighted by Gasteiger charge is 2.21. The number of nitrogen functional groups attached to an aromatic ring is 1. The zero-order chi connectivity index (χ0) is 14.5. The number of hydrogen-bond acceptors (Lipinski definition) is 5. The molecule has 1 amide bonds. The molecule has 1 aromatic heterocycles. The summed E-state index contributed by atoms with van der Waals surface area (Å²) in [5.41, 5.74) is 5.85. The van der Waals surface area contributed by atoms with E-state index in [2.05, 4.69) is 29.5 Å². The Balaban J connectivity index is 1.91. The molecule has 6 heteroatoms. The van der Waals surface area contributed by atoms with Gasteiger partial charge in [0.1, 0.15) is 10.7 Å². The predicted octanol–water partition coefficient (Wildman–Crippen LogP) is 2.86. The van der Waals surface area contributed by atoms with Gasteiger partial charge >= 0.3 is 0 Å². The molecule has 20 heavy (non-hydrogen) atoms. The molecule has 112 valence electrons. The maximum atomic E-state index is 12.1. The molecule has 1 aromatic rings. The SMILES string of the molecule is CCC(CC)CNC(=O)c1sc(NC2CCC2)nc1N. The third-order valence-electron chi connectivity index (χ3n) is 4.00. The lowest BCUT2D eigenvalue weighted by molar-refractivity contribution is 0.0951. The van der Waals surface area contributed by atoms with Gasteiger partial charge in [0, 0.05) is 12.6 Å². The van der Waals surface area contributed by atoms with Crippen molar-refractivity contribution in [3.63, 3.8) is 0 Å². The number of rotatable bonds is 7. The zero-order valence-electron chi connectivity index (χ0n) is 12.2. The summed E-state index contributed by atoms with van der Waals surface area (Å²) in [5, 5.41) is 7.05. The molecule has 0 spiro atoms. The number of amides is 1. The van der Waals surface area contributed by atoms with Crippen LogP contribution in [0.25, 0.3) is 0 Å². The van der Waals surface area contributed by atoms with Crippen molar-refractivity contribution in [3.05, 3.63) is 4.88 Å². The third-order valence-corrected chi connectivity index (χ3v) is 5.00. The minimum atomic E-state index is -0.103. The van der Waals surface area contributed by atoms with Crippen LogP contribution in [0.3, 0.4) is 0 Å². The Morgan fingerprint density at radius 1 is 1.45 bits per heavy atom. The minimum absolute atomic E-state index is 0.103. The number of nitrogens with zero attached hydrogens (tertiary/aromatic N) is 1. The lowest BCUT2D eigenvalue weighted by Gasteiger charge is -2.25. The molecule has 1 saturated carbocycles. The van der Waals surface area contributed by atoms with E-state index in [9.17, 15) is 4.79 Å². The zero-order valence-corrected chi connectivity index (χ0v) is 13.1. The Labute approximate surface area is 124 Å². The van der Waals surface area contributed by atoms with Gasteiger partial charge in [-0.15, -0.1) is 0 Å². The molecule has 0 unspecified atom stereocenters. The maximum Gasteiger partial charge on any atom is 0.265 e. The first kappa shape index (κ1) is 15.1. The van der Waals surface area contributed by atoms with Crippen LogP contribution in [0.15, 0.2) is 0 Å². The smallest absolute Gasteiger partial charge is 0.265 e. The van der Waals surface area contributed by atoms with Crippen molar-refractivity contribution in [2.24, 2.45) is 5.92 Å². The van der Waals surface area contributed by atoms with E-state index in [4.69, 9.17) is 5.73 Å². The van der Waals surface area contributed by atoms with E-state index in [0.29, 0.717) is 29.2 Å². The molecule has 0 bridgehead atoms. The quantitative estimate of drug-likeness (QED) is 0.723. The highest BCUT2D eigenvalue weighted by atomic mass is 32.1. The molecule has 4 N–H and O–H groups in total. The highest BCUT2D eigenvalue weighted by molar-refractivity contribution is 7.18. The van der Waals surface area contributed by atoms with Crippen molar-refractivity contribution in [3.8, 4) is 0 Å². The number of nitrogens with one attached hydrogen (secondary N) is 2. The molecule has 1 aliphatic carbocycles. The van der Waals surface area contributed by atoms with Crippen LogP contribution < -0.4 is 16.4 Å². The fraction of sp³-hybridized carbons (Fsp3) is 0.714. The van der Waals surface area contributed by atoms with Gasteiger partial charge in [-0.2, -0.15) is 0 Å². The number of carbonyl (C=O) groups excluding carboxylic acids is 1. The first-order chi connectivity index (χ1) is 9.63. The molecule has 0 aromatic carbocycles. The predicted molar refractivity (Wildman–Crippen MR) is 84.2 cm³/mol. The van der Waals surface area contributed by atoms with Crippen LogP contribution in [0, 0.1) is 5.92 Å². The van der Waals surface area contributed by atoms with Crippen LogP contribution in [-0.4, -0.2) is 23.5 Å². The molecule has 0 radical (unpaired) electrons. The van der Waals surface area contributed by atoms with E-state index in [1.54, 1.807) is 0 Å². The second kappa shape index (κ2) is 6.92. The summed E-state index contributed by atoms with van der Waals surface area (Å²) in [6.07, 6.45) is 5.76. The number of aromatic nitrogens is 1. The molecule has 1 heterocycles. The Bertz CT molecular complexity index is 452. The lowest BCUT2D eigenvalue weighted by atomic mass is 9.93. The molecular weight excluding hydrogens is 272 g/mol. The summed E-state index contributed by atoms with van der Waals surface area (Å²) in [5.74, 6) is 0.757. The fourth-order valence-corrected chi connectivity index (χ4v) is 3.06. The standard InChI is InChI=1S/C14H24N4OS/c1-3-9(4-2)8-16-13(19)11-12(15)18-14(20-11)17-10-6-5-7-10/h9-10H,3-8,15H2,1-2H3,(H,16,19)(H,17,18). The summed E-state index contributed by atoms with van der Waals surface area (Å²) in [6, 6.07) is 0.501. The molecule has 2 rings (SSSR count). The van der Waals surface area contributed by atoms with Crippen LogP contribution >= 0.6 is 11.3 Å². The van der Waals surface area contributed by atoms with Crippen LogP contribution in [0.2, 0.25) is 0 Å². The molecule has 1 fully saturated rings. The number of thiazole rings is 1. The fourth-order valence-electron chi connectivity index (χ4n) is 2.18. The van der Waals surface area contributed by atoms with Gasteiger partial charge in [-0.25, -0.2) is 4.98 Å². The number of hydrogen-bond donors (Lipinski definition) is 3. The number of nitrogens with two attached hydrogens (primary N) is 1. The van der Waals surface area contributed by atoms with Crippen LogP contribution in [0.1, 0.15) is 55.6 Å². The summed E-state index contributed by atoms with van der Waals surface area (Å²) >= 11 is 1.35. The van der Waals surface area contributed by atoms with Gasteiger partial charge in [0.05, 0.1) is 0 Å². The lowest BCUT2D eigenvalue weighted by Crippen LogP contribution is -2.28.